The number of benzene rings is 2. The zero-order chi connectivity index (χ0) is 19.4. The van der Waals surface area contributed by atoms with Crippen LogP contribution in [0, 0.1) is 0 Å². The summed E-state index contributed by atoms with van der Waals surface area (Å²) in [4.78, 5) is 2.26. The summed E-state index contributed by atoms with van der Waals surface area (Å²) < 4.78 is 1.85. The topological polar surface area (TPSA) is 34.0 Å². The van der Waals surface area contributed by atoms with Gasteiger partial charge in [-0.3, -0.25) is 0 Å². The Morgan fingerprint density at radius 2 is 1.46 bits per heavy atom. The van der Waals surface area contributed by atoms with Gasteiger partial charge in [-0.05, 0) is 42.7 Å². The van der Waals surface area contributed by atoms with Crippen LogP contribution in [0.2, 0.25) is 0 Å². The molecule has 4 nitrogen and oxygen atoms in total. The number of hydrogen-bond donors (Lipinski definition) is 0. The molecule has 0 saturated heterocycles. The number of aromatic nitrogens is 3. The number of anilines is 2. The molecule has 28 heavy (non-hydrogen) atoms. The highest BCUT2D eigenvalue weighted by molar-refractivity contribution is 5.62. The molecule has 3 aromatic rings. The van der Waals surface area contributed by atoms with Gasteiger partial charge in [0.25, 0.3) is 0 Å². The number of nitrogens with zero attached hydrogens (tertiary/aromatic N) is 4. The van der Waals surface area contributed by atoms with Gasteiger partial charge in [0.15, 0.2) is 0 Å². The monoisotopic (exact) mass is 376 g/mol. The first kappa shape index (κ1) is 20.1. The first-order valence-electron chi connectivity index (χ1n) is 10.6. The molecule has 0 aliphatic rings. The number of hydrogen-bond acceptors (Lipinski definition) is 3. The summed E-state index contributed by atoms with van der Waals surface area (Å²) in [6.07, 6.45) is 14.3. The standard InChI is InChI=1S/C24H32N4/c1-2-3-4-5-6-7-9-12-22-15-17-24(18-16-22)28(21-27-20-19-25-26-27)23-13-10-8-11-14-23/h8,10-11,13-20H,2-7,9,12,21H2,1H3. The molecule has 0 amide bonds. The Hall–Kier alpha value is -2.62. The van der Waals surface area contributed by atoms with Crippen LogP contribution in [0.1, 0.15) is 57.4 Å². The molecule has 0 N–H and O–H groups in total. The number of rotatable bonds is 12. The molecule has 0 radical (unpaired) electrons. The average Bonchev–Trinajstić information content (AvgIpc) is 3.26. The summed E-state index contributed by atoms with van der Waals surface area (Å²) in [5.41, 5.74) is 3.74. The maximum absolute atomic E-state index is 4.13. The Morgan fingerprint density at radius 3 is 2.14 bits per heavy atom. The maximum atomic E-state index is 4.13. The van der Waals surface area contributed by atoms with Gasteiger partial charge in [-0.25, -0.2) is 4.68 Å². The van der Waals surface area contributed by atoms with E-state index in [0.717, 1.165) is 5.69 Å². The normalized spacial score (nSPS) is 10.9. The molecule has 4 heteroatoms. The Kier molecular flexibility index (Phi) is 8.10. The van der Waals surface area contributed by atoms with Crippen LogP contribution in [0.25, 0.3) is 0 Å². The Morgan fingerprint density at radius 1 is 0.786 bits per heavy atom. The third-order valence-corrected chi connectivity index (χ3v) is 5.14. The van der Waals surface area contributed by atoms with Crippen LogP contribution >= 0.6 is 0 Å². The zero-order valence-electron chi connectivity index (χ0n) is 17.0. The summed E-state index contributed by atoms with van der Waals surface area (Å²) in [6, 6.07) is 19.4. The van der Waals surface area contributed by atoms with Crippen molar-refractivity contribution < 1.29 is 0 Å². The van der Waals surface area contributed by atoms with E-state index in [1.807, 2.05) is 16.9 Å². The highest BCUT2D eigenvalue weighted by atomic mass is 15.5. The van der Waals surface area contributed by atoms with Crippen LogP contribution in [0.3, 0.4) is 0 Å². The van der Waals surface area contributed by atoms with Gasteiger partial charge < -0.3 is 4.90 Å². The maximum Gasteiger partial charge on any atom is 0.118 e. The molecule has 0 unspecified atom stereocenters. The predicted octanol–water partition coefficient (Wildman–Crippen LogP) is 6.37. The van der Waals surface area contributed by atoms with Gasteiger partial charge >= 0.3 is 0 Å². The molecule has 0 saturated carbocycles. The molecular weight excluding hydrogens is 344 g/mol. The van der Waals surface area contributed by atoms with Gasteiger partial charge in [0.2, 0.25) is 0 Å². The molecule has 0 fully saturated rings. The summed E-state index contributed by atoms with van der Waals surface area (Å²) in [5.74, 6) is 0. The minimum absolute atomic E-state index is 0.640. The van der Waals surface area contributed by atoms with E-state index in [9.17, 15) is 0 Å². The Bertz CT molecular complexity index is 766. The van der Waals surface area contributed by atoms with Crippen LogP contribution < -0.4 is 4.90 Å². The van der Waals surface area contributed by atoms with E-state index < -0.39 is 0 Å². The Labute approximate surface area is 169 Å². The van der Waals surface area contributed by atoms with Crippen molar-refractivity contribution in [3.8, 4) is 0 Å². The first-order valence-corrected chi connectivity index (χ1v) is 10.6. The summed E-state index contributed by atoms with van der Waals surface area (Å²) >= 11 is 0. The van der Waals surface area contributed by atoms with E-state index in [1.54, 1.807) is 6.20 Å². The minimum Gasteiger partial charge on any atom is -0.321 e. The molecule has 2 aromatic carbocycles. The molecular formula is C24H32N4. The summed E-state index contributed by atoms with van der Waals surface area (Å²) in [7, 11) is 0. The van der Waals surface area contributed by atoms with Crippen molar-refractivity contribution in [2.45, 2.75) is 65.0 Å². The molecule has 0 aliphatic heterocycles. The van der Waals surface area contributed by atoms with Crippen molar-refractivity contribution in [3.63, 3.8) is 0 Å². The van der Waals surface area contributed by atoms with Gasteiger partial charge in [0.05, 0.1) is 6.20 Å². The Balaban J connectivity index is 1.57. The fourth-order valence-electron chi connectivity index (χ4n) is 3.50. The molecule has 0 bridgehead atoms. The number of unbranched alkanes of at least 4 members (excludes halogenated alkanes) is 6. The highest BCUT2D eigenvalue weighted by Crippen LogP contribution is 2.26. The lowest BCUT2D eigenvalue weighted by molar-refractivity contribution is 0.589. The van der Waals surface area contributed by atoms with Crippen LogP contribution in [-0.2, 0) is 13.1 Å². The molecule has 0 aliphatic carbocycles. The first-order chi connectivity index (χ1) is 13.9. The minimum atomic E-state index is 0.640. The van der Waals surface area contributed by atoms with Gasteiger partial charge in [-0.2, -0.15) is 0 Å². The zero-order valence-corrected chi connectivity index (χ0v) is 17.0. The van der Waals surface area contributed by atoms with Crippen LogP contribution in [0.15, 0.2) is 67.0 Å². The van der Waals surface area contributed by atoms with Crippen molar-refractivity contribution in [2.24, 2.45) is 0 Å². The second-order valence-electron chi connectivity index (χ2n) is 7.39. The second-order valence-corrected chi connectivity index (χ2v) is 7.39. The van der Waals surface area contributed by atoms with Crippen LogP contribution in [0.5, 0.6) is 0 Å². The third kappa shape index (κ3) is 6.22. The van der Waals surface area contributed by atoms with Crippen molar-refractivity contribution in [1.29, 1.82) is 0 Å². The molecule has 1 aromatic heterocycles. The fourth-order valence-corrected chi connectivity index (χ4v) is 3.50. The molecule has 0 atom stereocenters. The fraction of sp³-hybridized carbons (Fsp3) is 0.417. The number of aryl methyl sites for hydroxylation is 1. The number of para-hydroxylation sites is 1. The van der Waals surface area contributed by atoms with E-state index in [-0.39, 0.29) is 0 Å². The molecule has 148 valence electrons. The SMILES string of the molecule is CCCCCCCCCc1ccc(N(Cn2ccnn2)c2ccccc2)cc1. The summed E-state index contributed by atoms with van der Waals surface area (Å²) in [6.45, 7) is 2.91. The highest BCUT2D eigenvalue weighted by Gasteiger charge is 2.10. The average molecular weight is 377 g/mol. The van der Waals surface area contributed by atoms with Crippen molar-refractivity contribution >= 4 is 11.4 Å². The van der Waals surface area contributed by atoms with E-state index in [4.69, 9.17) is 0 Å². The van der Waals surface area contributed by atoms with Crippen molar-refractivity contribution in [1.82, 2.24) is 15.0 Å². The van der Waals surface area contributed by atoms with Crippen molar-refractivity contribution in [2.75, 3.05) is 4.90 Å². The largest absolute Gasteiger partial charge is 0.321 e. The van der Waals surface area contributed by atoms with E-state index in [0.29, 0.717) is 6.67 Å². The smallest absolute Gasteiger partial charge is 0.118 e. The van der Waals surface area contributed by atoms with Crippen molar-refractivity contribution in [3.05, 3.63) is 72.6 Å². The lowest BCUT2D eigenvalue weighted by Gasteiger charge is -2.25. The second kappa shape index (κ2) is 11.3. The lowest BCUT2D eigenvalue weighted by Crippen LogP contribution is -2.21. The van der Waals surface area contributed by atoms with Crippen LogP contribution in [-0.4, -0.2) is 15.0 Å². The van der Waals surface area contributed by atoms with Gasteiger partial charge in [0, 0.05) is 17.6 Å². The molecule has 3 rings (SSSR count). The quantitative estimate of drug-likeness (QED) is 0.345. The van der Waals surface area contributed by atoms with Crippen LogP contribution in [0.4, 0.5) is 11.4 Å². The van der Waals surface area contributed by atoms with E-state index >= 15 is 0 Å². The van der Waals surface area contributed by atoms with Gasteiger partial charge in [0.1, 0.15) is 6.67 Å². The van der Waals surface area contributed by atoms with Gasteiger partial charge in [-0.1, -0.05) is 81.0 Å². The lowest BCUT2D eigenvalue weighted by atomic mass is 10.0. The van der Waals surface area contributed by atoms with E-state index in [2.05, 4.69) is 70.7 Å². The predicted molar refractivity (Wildman–Crippen MR) is 117 cm³/mol. The van der Waals surface area contributed by atoms with Gasteiger partial charge in [-0.15, -0.1) is 5.10 Å². The summed E-state index contributed by atoms with van der Waals surface area (Å²) in [5, 5.41) is 8.05. The molecule has 1 heterocycles. The van der Waals surface area contributed by atoms with E-state index in [1.165, 1.54) is 62.6 Å². The third-order valence-electron chi connectivity index (χ3n) is 5.14. The molecule has 0 spiro atoms.